The minimum atomic E-state index is -4.62. The first kappa shape index (κ1) is 21.3. The number of carbonyl (C=O) groups is 1. The number of halogens is 4. The Bertz CT molecular complexity index is 943. The van der Waals surface area contributed by atoms with E-state index >= 15 is 0 Å². The van der Waals surface area contributed by atoms with Gasteiger partial charge in [-0.1, -0.05) is 49.7 Å². The molecule has 8 heteroatoms. The van der Waals surface area contributed by atoms with Gasteiger partial charge in [0.2, 0.25) is 0 Å². The van der Waals surface area contributed by atoms with Crippen molar-refractivity contribution in [3.8, 4) is 11.3 Å². The third-order valence-electron chi connectivity index (χ3n) is 5.42. The predicted octanol–water partition coefficient (Wildman–Crippen LogP) is 5.45. The number of benzene rings is 1. The maximum absolute atomic E-state index is 12.7. The van der Waals surface area contributed by atoms with Crippen LogP contribution in [0.2, 0.25) is 0 Å². The van der Waals surface area contributed by atoms with Crippen molar-refractivity contribution in [1.29, 1.82) is 0 Å². The summed E-state index contributed by atoms with van der Waals surface area (Å²) in [6, 6.07) is 5.56. The summed E-state index contributed by atoms with van der Waals surface area (Å²) in [5.74, 6) is -1.81. The number of nitrogens with zero attached hydrogens (tertiary/aromatic N) is 2. The lowest BCUT2D eigenvalue weighted by Crippen LogP contribution is -2.11. The molecule has 2 aromatic rings. The van der Waals surface area contributed by atoms with E-state index in [1.54, 1.807) is 32.4 Å². The number of aromatic nitrogens is 2. The summed E-state index contributed by atoms with van der Waals surface area (Å²) < 4.78 is 43.5. The zero-order valence-electron chi connectivity index (χ0n) is 16.1. The number of alkyl halides is 3. The van der Waals surface area contributed by atoms with Crippen molar-refractivity contribution in [2.75, 3.05) is 0 Å². The van der Waals surface area contributed by atoms with Crippen LogP contribution < -0.4 is 0 Å². The zero-order valence-corrected chi connectivity index (χ0v) is 16.9. The lowest BCUT2D eigenvalue weighted by Gasteiger charge is -2.12. The fraction of sp³-hybridized carbons (Fsp3) is 0.381. The molecule has 1 aromatic carbocycles. The Balaban J connectivity index is 1.70. The summed E-state index contributed by atoms with van der Waals surface area (Å²) in [4.78, 5) is 20.8. The Labute approximate surface area is 171 Å². The second kappa shape index (κ2) is 7.78. The molecule has 1 aliphatic carbocycles. The van der Waals surface area contributed by atoms with Gasteiger partial charge in [-0.05, 0) is 29.4 Å². The molecule has 0 bridgehead atoms. The van der Waals surface area contributed by atoms with E-state index in [9.17, 15) is 18.0 Å². The molecule has 1 heterocycles. The minimum absolute atomic E-state index is 0.0226. The van der Waals surface area contributed by atoms with Crippen molar-refractivity contribution >= 4 is 17.6 Å². The van der Waals surface area contributed by atoms with Gasteiger partial charge in [0.25, 0.3) is 0 Å². The van der Waals surface area contributed by atoms with Crippen molar-refractivity contribution in [3.05, 3.63) is 59.0 Å². The van der Waals surface area contributed by atoms with Gasteiger partial charge >= 0.3 is 12.1 Å². The summed E-state index contributed by atoms with van der Waals surface area (Å²) in [7, 11) is 0. The summed E-state index contributed by atoms with van der Waals surface area (Å²) in [6.45, 7) is 5.36. The average Bonchev–Trinajstić information content (AvgIpc) is 3.20. The quantitative estimate of drug-likeness (QED) is 0.599. The van der Waals surface area contributed by atoms with E-state index in [1.165, 1.54) is 0 Å². The third-order valence-corrected chi connectivity index (χ3v) is 5.76. The van der Waals surface area contributed by atoms with Crippen LogP contribution in [-0.2, 0) is 16.1 Å². The monoisotopic (exact) mass is 424 g/mol. The molecule has 4 nitrogen and oxygen atoms in total. The SMILES string of the molecule is Cc1c(COC(=O)C2C(/C=C(\Cl)C(F)(F)F)C2(C)C)cccc1-c1cnccn1. The van der Waals surface area contributed by atoms with Crippen LogP contribution in [0.3, 0.4) is 0 Å². The minimum Gasteiger partial charge on any atom is -0.461 e. The molecule has 3 rings (SSSR count). The Morgan fingerprint density at radius 1 is 1.31 bits per heavy atom. The Hall–Kier alpha value is -2.41. The van der Waals surface area contributed by atoms with Crippen LogP contribution >= 0.6 is 11.6 Å². The van der Waals surface area contributed by atoms with E-state index in [0.29, 0.717) is 5.69 Å². The van der Waals surface area contributed by atoms with Crippen LogP contribution in [0.1, 0.15) is 25.0 Å². The first-order valence-corrected chi connectivity index (χ1v) is 9.37. The Morgan fingerprint density at radius 2 is 2.03 bits per heavy atom. The number of esters is 1. The molecule has 0 spiro atoms. The molecule has 2 atom stereocenters. The lowest BCUT2D eigenvalue weighted by atomic mass is 10.0. The number of ether oxygens (including phenoxy) is 1. The summed E-state index contributed by atoms with van der Waals surface area (Å²) in [6.07, 6.45) is 1.11. The highest BCUT2D eigenvalue weighted by Crippen LogP contribution is 2.60. The third kappa shape index (κ3) is 4.45. The van der Waals surface area contributed by atoms with Gasteiger partial charge in [-0.3, -0.25) is 14.8 Å². The maximum Gasteiger partial charge on any atom is 0.426 e. The van der Waals surface area contributed by atoms with E-state index < -0.39 is 34.4 Å². The van der Waals surface area contributed by atoms with E-state index in [4.69, 9.17) is 16.3 Å². The van der Waals surface area contributed by atoms with Crippen molar-refractivity contribution in [2.45, 2.75) is 33.6 Å². The molecule has 1 saturated carbocycles. The first-order chi connectivity index (χ1) is 13.5. The van der Waals surface area contributed by atoms with Gasteiger partial charge in [-0.2, -0.15) is 13.2 Å². The molecular formula is C21H20ClF3N2O2. The van der Waals surface area contributed by atoms with Gasteiger partial charge in [0.1, 0.15) is 11.6 Å². The number of carbonyl (C=O) groups excluding carboxylic acids is 1. The highest BCUT2D eigenvalue weighted by Gasteiger charge is 2.62. The molecular weight excluding hydrogens is 405 g/mol. The largest absolute Gasteiger partial charge is 0.461 e. The van der Waals surface area contributed by atoms with Crippen LogP contribution in [0.5, 0.6) is 0 Å². The molecule has 1 fully saturated rings. The van der Waals surface area contributed by atoms with Crippen LogP contribution in [-0.4, -0.2) is 22.1 Å². The molecule has 0 N–H and O–H groups in total. The molecule has 1 aromatic heterocycles. The molecule has 29 heavy (non-hydrogen) atoms. The molecule has 2 unspecified atom stereocenters. The van der Waals surface area contributed by atoms with Gasteiger partial charge in [-0.15, -0.1) is 0 Å². The molecule has 0 amide bonds. The standard InChI is InChI=1S/C21H20ClF3N2O2/c1-12-13(5-4-6-14(12)16-10-26-7-8-27-16)11-29-19(28)18-15(20(18,2)3)9-17(22)21(23,24)25/h4-10,15,18H,11H2,1-3H3/b17-9-. The van der Waals surface area contributed by atoms with Crippen LogP contribution in [0.15, 0.2) is 47.9 Å². The summed E-state index contributed by atoms with van der Waals surface area (Å²) >= 11 is 5.33. The number of hydrogen-bond donors (Lipinski definition) is 0. The van der Waals surface area contributed by atoms with Crippen molar-refractivity contribution in [3.63, 3.8) is 0 Å². The Morgan fingerprint density at radius 3 is 2.66 bits per heavy atom. The topological polar surface area (TPSA) is 52.1 Å². The molecule has 1 aliphatic rings. The van der Waals surface area contributed by atoms with Gasteiger partial charge < -0.3 is 4.74 Å². The average molecular weight is 425 g/mol. The number of allylic oxidation sites excluding steroid dienone is 2. The van der Waals surface area contributed by atoms with E-state index in [1.807, 2.05) is 25.1 Å². The second-order valence-corrected chi connectivity index (χ2v) is 8.03. The lowest BCUT2D eigenvalue weighted by molar-refractivity contribution is -0.147. The number of rotatable bonds is 5. The van der Waals surface area contributed by atoms with Gasteiger partial charge in [-0.25, -0.2) is 0 Å². The van der Waals surface area contributed by atoms with Crippen molar-refractivity contribution in [2.24, 2.45) is 17.3 Å². The summed E-state index contributed by atoms with van der Waals surface area (Å²) in [5, 5.41) is -1.21. The maximum atomic E-state index is 12.7. The van der Waals surface area contributed by atoms with Crippen molar-refractivity contribution < 1.29 is 22.7 Å². The highest BCUT2D eigenvalue weighted by molar-refractivity contribution is 6.30. The molecule has 154 valence electrons. The van der Waals surface area contributed by atoms with Gasteiger partial charge in [0, 0.05) is 18.0 Å². The smallest absolute Gasteiger partial charge is 0.426 e. The van der Waals surface area contributed by atoms with Gasteiger partial charge in [0.15, 0.2) is 0 Å². The fourth-order valence-corrected chi connectivity index (χ4v) is 3.62. The zero-order chi connectivity index (χ0) is 21.4. The van der Waals surface area contributed by atoms with Crippen LogP contribution in [0.25, 0.3) is 11.3 Å². The molecule has 0 radical (unpaired) electrons. The predicted molar refractivity (Wildman–Crippen MR) is 103 cm³/mol. The number of hydrogen-bond acceptors (Lipinski definition) is 4. The second-order valence-electron chi connectivity index (χ2n) is 7.63. The Kier molecular flexibility index (Phi) is 5.72. The van der Waals surface area contributed by atoms with E-state index in [-0.39, 0.29) is 6.61 Å². The van der Waals surface area contributed by atoms with Crippen LogP contribution in [0, 0.1) is 24.2 Å². The van der Waals surface area contributed by atoms with E-state index in [0.717, 1.165) is 22.8 Å². The van der Waals surface area contributed by atoms with Gasteiger partial charge in [0.05, 0.1) is 17.8 Å². The normalized spacial score (nSPS) is 21.0. The van der Waals surface area contributed by atoms with Crippen LogP contribution in [0.4, 0.5) is 13.2 Å². The summed E-state index contributed by atoms with van der Waals surface area (Å²) in [5.41, 5.74) is 2.62. The molecule has 0 saturated heterocycles. The fourth-order valence-electron chi connectivity index (χ4n) is 3.49. The first-order valence-electron chi connectivity index (χ1n) is 8.99. The highest BCUT2D eigenvalue weighted by atomic mass is 35.5. The molecule has 0 aliphatic heterocycles. The van der Waals surface area contributed by atoms with E-state index in [2.05, 4.69) is 9.97 Å². The van der Waals surface area contributed by atoms with Crippen molar-refractivity contribution in [1.82, 2.24) is 9.97 Å².